The van der Waals surface area contributed by atoms with Gasteiger partial charge in [0.2, 0.25) is 0 Å². The third-order valence-electron chi connectivity index (χ3n) is 3.27. The van der Waals surface area contributed by atoms with Crippen LogP contribution in [0.4, 0.5) is 0 Å². The molecule has 0 spiro atoms. The van der Waals surface area contributed by atoms with Crippen molar-refractivity contribution in [1.29, 1.82) is 0 Å². The fourth-order valence-electron chi connectivity index (χ4n) is 1.99. The monoisotopic (exact) mass is 374 g/mol. The van der Waals surface area contributed by atoms with Crippen molar-refractivity contribution >= 4 is 15.9 Å². The normalized spacial score (nSPS) is 9.91. The van der Waals surface area contributed by atoms with Crippen LogP contribution in [-0.2, 0) is 11.3 Å². The minimum atomic E-state index is 0.370. The van der Waals surface area contributed by atoms with E-state index in [1.807, 2.05) is 36.4 Å². The van der Waals surface area contributed by atoms with Crippen LogP contribution in [0.2, 0.25) is 0 Å². The fourth-order valence-corrected chi connectivity index (χ4v) is 2.43. The van der Waals surface area contributed by atoms with Gasteiger partial charge in [-0.25, -0.2) is 0 Å². The first-order valence-corrected chi connectivity index (χ1v) is 7.97. The molecule has 0 bridgehead atoms. The Morgan fingerprint density at radius 2 is 1.65 bits per heavy atom. The lowest BCUT2D eigenvalue weighted by Crippen LogP contribution is -1.97. The van der Waals surface area contributed by atoms with Gasteiger partial charge in [0.05, 0.1) is 20.8 Å². The van der Waals surface area contributed by atoms with Gasteiger partial charge in [0.15, 0.2) is 11.5 Å². The second-order valence-electron chi connectivity index (χ2n) is 4.96. The quantitative estimate of drug-likeness (QED) is 0.575. The van der Waals surface area contributed by atoms with Gasteiger partial charge in [-0.05, 0) is 36.8 Å². The summed E-state index contributed by atoms with van der Waals surface area (Å²) in [5.41, 5.74) is 3.20. The molecule has 2 aromatic rings. The van der Waals surface area contributed by atoms with Gasteiger partial charge in [0.1, 0.15) is 6.61 Å². The second kappa shape index (κ2) is 8.61. The summed E-state index contributed by atoms with van der Waals surface area (Å²) in [4.78, 5) is 0. The average molecular weight is 375 g/mol. The summed E-state index contributed by atoms with van der Waals surface area (Å²) in [6.07, 6.45) is 0. The standard InChI is InChI=1S/C19H19BrO3/c1-14-6-8-15(9-7-14)5-4-10-23-13-16-11-18(21-2)19(22-3)12-17(16)20/h6-9,11-12H,10,13H2,1-3H3. The van der Waals surface area contributed by atoms with Crippen LogP contribution in [-0.4, -0.2) is 20.8 Å². The van der Waals surface area contributed by atoms with Crippen LogP contribution >= 0.6 is 15.9 Å². The zero-order valence-corrected chi connectivity index (χ0v) is 15.1. The Morgan fingerprint density at radius 1 is 1.00 bits per heavy atom. The van der Waals surface area contributed by atoms with E-state index < -0.39 is 0 Å². The van der Waals surface area contributed by atoms with E-state index in [0.29, 0.717) is 24.7 Å². The highest BCUT2D eigenvalue weighted by atomic mass is 79.9. The number of methoxy groups -OCH3 is 2. The fraction of sp³-hybridized carbons (Fsp3) is 0.263. The molecule has 0 atom stereocenters. The molecule has 0 fully saturated rings. The van der Waals surface area contributed by atoms with Gasteiger partial charge in [0, 0.05) is 10.0 Å². The highest BCUT2D eigenvalue weighted by molar-refractivity contribution is 9.10. The first-order chi connectivity index (χ1) is 11.1. The molecule has 120 valence electrons. The Kier molecular flexibility index (Phi) is 6.52. The molecule has 0 heterocycles. The smallest absolute Gasteiger partial charge is 0.161 e. The molecule has 0 saturated heterocycles. The van der Waals surface area contributed by atoms with Gasteiger partial charge in [-0.2, -0.15) is 0 Å². The van der Waals surface area contributed by atoms with Gasteiger partial charge in [-0.3, -0.25) is 0 Å². The van der Waals surface area contributed by atoms with E-state index in [2.05, 4.69) is 34.7 Å². The zero-order valence-electron chi connectivity index (χ0n) is 13.5. The van der Waals surface area contributed by atoms with Crippen molar-refractivity contribution in [2.45, 2.75) is 13.5 Å². The van der Waals surface area contributed by atoms with Gasteiger partial charge < -0.3 is 14.2 Å². The molecular weight excluding hydrogens is 356 g/mol. The predicted molar refractivity (Wildman–Crippen MR) is 95.0 cm³/mol. The van der Waals surface area contributed by atoms with Crippen molar-refractivity contribution in [1.82, 2.24) is 0 Å². The molecule has 0 saturated carbocycles. The molecule has 0 radical (unpaired) electrons. The van der Waals surface area contributed by atoms with Gasteiger partial charge >= 0.3 is 0 Å². The van der Waals surface area contributed by atoms with Crippen LogP contribution in [0.15, 0.2) is 40.9 Å². The first-order valence-electron chi connectivity index (χ1n) is 7.17. The number of halogens is 1. The molecule has 0 aliphatic carbocycles. The third kappa shape index (κ3) is 5.02. The van der Waals surface area contributed by atoms with E-state index >= 15 is 0 Å². The average Bonchev–Trinajstić information content (AvgIpc) is 2.57. The molecule has 4 heteroatoms. The summed E-state index contributed by atoms with van der Waals surface area (Å²) >= 11 is 3.51. The van der Waals surface area contributed by atoms with Crippen molar-refractivity contribution in [3.05, 3.63) is 57.6 Å². The van der Waals surface area contributed by atoms with Crippen molar-refractivity contribution < 1.29 is 14.2 Å². The molecule has 0 aliphatic rings. The number of hydrogen-bond acceptors (Lipinski definition) is 3. The lowest BCUT2D eigenvalue weighted by Gasteiger charge is -2.11. The number of aryl methyl sites for hydroxylation is 1. The van der Waals surface area contributed by atoms with E-state index in [1.165, 1.54) is 5.56 Å². The minimum Gasteiger partial charge on any atom is -0.493 e. The topological polar surface area (TPSA) is 27.7 Å². The first kappa shape index (κ1) is 17.4. The van der Waals surface area contributed by atoms with Crippen molar-refractivity contribution in [2.75, 3.05) is 20.8 Å². The Bertz CT molecular complexity index is 712. The molecule has 2 rings (SSSR count). The van der Waals surface area contributed by atoms with Gasteiger partial charge in [-0.15, -0.1) is 0 Å². The summed E-state index contributed by atoms with van der Waals surface area (Å²) in [6, 6.07) is 11.9. The predicted octanol–water partition coefficient (Wildman–Crippen LogP) is 4.34. The number of rotatable bonds is 5. The maximum Gasteiger partial charge on any atom is 0.161 e. The van der Waals surface area contributed by atoms with Gasteiger partial charge in [-0.1, -0.05) is 45.5 Å². The lowest BCUT2D eigenvalue weighted by atomic mass is 10.2. The second-order valence-corrected chi connectivity index (χ2v) is 5.81. The largest absolute Gasteiger partial charge is 0.493 e. The van der Waals surface area contributed by atoms with E-state index in [4.69, 9.17) is 14.2 Å². The van der Waals surface area contributed by atoms with Crippen LogP contribution in [0, 0.1) is 18.8 Å². The molecular formula is C19H19BrO3. The number of benzene rings is 2. The molecule has 3 nitrogen and oxygen atoms in total. The Balaban J connectivity index is 1.93. The highest BCUT2D eigenvalue weighted by Crippen LogP contribution is 2.33. The van der Waals surface area contributed by atoms with Crippen molar-refractivity contribution in [3.63, 3.8) is 0 Å². The lowest BCUT2D eigenvalue weighted by molar-refractivity contribution is 0.152. The van der Waals surface area contributed by atoms with E-state index in [-0.39, 0.29) is 0 Å². The molecule has 0 aliphatic heterocycles. The number of hydrogen-bond donors (Lipinski definition) is 0. The van der Waals surface area contributed by atoms with Crippen LogP contribution in [0.3, 0.4) is 0 Å². The minimum absolute atomic E-state index is 0.370. The van der Waals surface area contributed by atoms with Crippen LogP contribution in [0.25, 0.3) is 0 Å². The number of ether oxygens (including phenoxy) is 3. The molecule has 23 heavy (non-hydrogen) atoms. The molecule has 0 unspecified atom stereocenters. The summed E-state index contributed by atoms with van der Waals surface area (Å²) < 4.78 is 17.1. The maximum absolute atomic E-state index is 5.62. The molecule has 2 aromatic carbocycles. The zero-order chi connectivity index (χ0) is 16.7. The summed E-state index contributed by atoms with van der Waals surface area (Å²) in [5.74, 6) is 7.46. The van der Waals surface area contributed by atoms with E-state index in [1.54, 1.807) is 14.2 Å². The van der Waals surface area contributed by atoms with Crippen LogP contribution < -0.4 is 9.47 Å². The van der Waals surface area contributed by atoms with Crippen LogP contribution in [0.1, 0.15) is 16.7 Å². The van der Waals surface area contributed by atoms with E-state index in [0.717, 1.165) is 15.6 Å². The summed E-state index contributed by atoms with van der Waals surface area (Å²) in [6.45, 7) is 2.87. The summed E-state index contributed by atoms with van der Waals surface area (Å²) in [7, 11) is 3.23. The molecule has 0 aromatic heterocycles. The third-order valence-corrected chi connectivity index (χ3v) is 4.01. The summed E-state index contributed by atoms with van der Waals surface area (Å²) in [5, 5.41) is 0. The van der Waals surface area contributed by atoms with Crippen molar-refractivity contribution in [2.24, 2.45) is 0 Å². The SMILES string of the molecule is COc1cc(Br)c(COCC#Cc2ccc(C)cc2)cc1OC. The Labute approximate surface area is 145 Å². The highest BCUT2D eigenvalue weighted by Gasteiger charge is 2.09. The maximum atomic E-state index is 5.62. The van der Waals surface area contributed by atoms with Gasteiger partial charge in [0.25, 0.3) is 0 Å². The van der Waals surface area contributed by atoms with Crippen molar-refractivity contribution in [3.8, 4) is 23.3 Å². The molecule has 0 amide bonds. The Morgan fingerprint density at radius 3 is 2.30 bits per heavy atom. The van der Waals surface area contributed by atoms with Crippen LogP contribution in [0.5, 0.6) is 11.5 Å². The molecule has 0 N–H and O–H groups in total. The van der Waals surface area contributed by atoms with E-state index in [9.17, 15) is 0 Å². The Hall–Kier alpha value is -1.96.